The van der Waals surface area contributed by atoms with Crippen molar-refractivity contribution in [2.45, 2.75) is 130 Å². The van der Waals surface area contributed by atoms with E-state index in [2.05, 4.69) is 244 Å². The maximum absolute atomic E-state index is 3.96. The molecule has 0 amide bonds. The van der Waals surface area contributed by atoms with Gasteiger partial charge < -0.3 is 14.5 Å². The van der Waals surface area contributed by atoms with Gasteiger partial charge in [0.2, 0.25) is 0 Å². The van der Waals surface area contributed by atoms with Crippen LogP contribution in [-0.2, 0) is 27.1 Å². The Bertz CT molecular complexity index is 3260. The molecular formula is C62H67N3. The predicted molar refractivity (Wildman–Crippen MR) is 282 cm³/mol. The molecule has 1 aliphatic carbocycles. The molecule has 0 saturated carbocycles. The molecule has 0 spiro atoms. The summed E-state index contributed by atoms with van der Waals surface area (Å²) in [6.45, 7) is 30.8. The zero-order valence-corrected chi connectivity index (χ0v) is 41.1. The Morgan fingerprint density at radius 2 is 1.06 bits per heavy atom. The minimum absolute atomic E-state index is 0.0448. The number of aromatic nitrogens is 2. The first-order valence-corrected chi connectivity index (χ1v) is 23.9. The lowest BCUT2D eigenvalue weighted by molar-refractivity contribution is 0.332. The van der Waals surface area contributed by atoms with E-state index in [0.717, 1.165) is 24.2 Å². The van der Waals surface area contributed by atoms with Gasteiger partial charge >= 0.3 is 0 Å². The van der Waals surface area contributed by atoms with Crippen LogP contribution in [0.4, 0.5) is 17.1 Å². The van der Waals surface area contributed by atoms with E-state index >= 15 is 0 Å². The van der Waals surface area contributed by atoms with Gasteiger partial charge in [-0.1, -0.05) is 145 Å². The van der Waals surface area contributed by atoms with Gasteiger partial charge in [0.15, 0.2) is 0 Å². The van der Waals surface area contributed by atoms with E-state index in [4.69, 9.17) is 0 Å². The monoisotopic (exact) mass is 854 g/mol. The molecule has 0 atom stereocenters. The van der Waals surface area contributed by atoms with Crippen LogP contribution in [0.1, 0.15) is 131 Å². The van der Waals surface area contributed by atoms with Gasteiger partial charge in [0.05, 0.1) is 22.2 Å². The van der Waals surface area contributed by atoms with Gasteiger partial charge in [-0.15, -0.1) is 0 Å². The molecule has 330 valence electrons. The number of H-pyrrole nitrogens is 1. The number of rotatable bonds is 5. The number of para-hydroxylation sites is 2. The van der Waals surface area contributed by atoms with Crippen molar-refractivity contribution in [1.82, 2.24) is 9.55 Å². The summed E-state index contributed by atoms with van der Waals surface area (Å²) < 4.78 is 2.60. The second kappa shape index (κ2) is 14.7. The fourth-order valence-electron chi connectivity index (χ4n) is 10.6. The second-order valence-corrected chi connectivity index (χ2v) is 23.5. The van der Waals surface area contributed by atoms with Crippen LogP contribution in [0.2, 0.25) is 0 Å². The lowest BCUT2D eigenvalue weighted by Crippen LogP contribution is -2.33. The van der Waals surface area contributed by atoms with E-state index in [-0.39, 0.29) is 27.1 Å². The summed E-state index contributed by atoms with van der Waals surface area (Å²) in [5.41, 5.74) is 18.9. The minimum Gasteiger partial charge on any atom is -0.354 e. The topological polar surface area (TPSA) is 24.0 Å². The van der Waals surface area contributed by atoms with Gasteiger partial charge in [0, 0.05) is 49.7 Å². The van der Waals surface area contributed by atoms with Crippen LogP contribution in [0, 0.1) is 0 Å². The van der Waals surface area contributed by atoms with Crippen LogP contribution in [0.3, 0.4) is 0 Å². The van der Waals surface area contributed by atoms with Gasteiger partial charge in [-0.05, 0) is 158 Å². The van der Waals surface area contributed by atoms with Crippen molar-refractivity contribution in [1.29, 1.82) is 0 Å². The number of hydrogen-bond acceptors (Lipinski definition) is 1. The summed E-state index contributed by atoms with van der Waals surface area (Å²) in [7, 11) is 0. The molecule has 0 saturated heterocycles. The Balaban J connectivity index is 1.33. The Kier molecular flexibility index (Phi) is 9.71. The summed E-state index contributed by atoms with van der Waals surface area (Å²) >= 11 is 0. The molecule has 3 nitrogen and oxygen atoms in total. The highest BCUT2D eigenvalue weighted by atomic mass is 15.1. The Hall–Kier alpha value is -6.06. The largest absolute Gasteiger partial charge is 0.354 e. The Morgan fingerprint density at radius 3 is 1.66 bits per heavy atom. The highest BCUT2D eigenvalue weighted by Gasteiger charge is 2.38. The molecule has 2 heterocycles. The number of nitrogens with zero attached hydrogens (tertiary/aromatic N) is 2. The standard InChI is InChI=1S/C62H67N3/c1-58(2,3)40-27-28-52-47(34-40)48-36-42(60(7,8)9)35-46(57(48)63-52)39-31-41(59(4,5)6)33-45(32-39)65-54-26-20-25-53(64(43-21-16-14-17-22-43)44-23-18-15-19-24-44)56(54)49-37-50-51(38-55(49)65)62(12,13)30-29-61(50,10)11/h14-28,31-38,63H,29-30H2,1-13H3. The van der Waals surface area contributed by atoms with Crippen LogP contribution in [-0.4, -0.2) is 9.55 Å². The smallest absolute Gasteiger partial charge is 0.0562 e. The van der Waals surface area contributed by atoms with Crippen molar-refractivity contribution in [2.24, 2.45) is 0 Å². The van der Waals surface area contributed by atoms with Gasteiger partial charge in [-0.2, -0.15) is 0 Å². The van der Waals surface area contributed by atoms with Crippen LogP contribution in [0.15, 0.2) is 140 Å². The van der Waals surface area contributed by atoms with E-state index in [1.54, 1.807) is 0 Å². The summed E-state index contributed by atoms with van der Waals surface area (Å²) in [5, 5.41) is 5.14. The zero-order chi connectivity index (χ0) is 46.0. The third-order valence-corrected chi connectivity index (χ3v) is 14.8. The van der Waals surface area contributed by atoms with Crippen molar-refractivity contribution in [2.75, 3.05) is 4.90 Å². The van der Waals surface area contributed by atoms with E-state index in [1.807, 2.05) is 0 Å². The Morgan fingerprint density at radius 1 is 0.492 bits per heavy atom. The number of anilines is 3. The molecule has 10 rings (SSSR count). The number of fused-ring (bicyclic) bond motifs is 7. The van der Waals surface area contributed by atoms with Gasteiger partial charge in [0.25, 0.3) is 0 Å². The molecule has 0 bridgehead atoms. The van der Waals surface area contributed by atoms with Crippen LogP contribution >= 0.6 is 0 Å². The van der Waals surface area contributed by atoms with Crippen molar-refractivity contribution in [3.63, 3.8) is 0 Å². The summed E-state index contributed by atoms with van der Waals surface area (Å²) in [4.78, 5) is 6.42. The maximum Gasteiger partial charge on any atom is 0.0562 e. The van der Waals surface area contributed by atoms with E-state index in [0.29, 0.717) is 0 Å². The van der Waals surface area contributed by atoms with Crippen molar-refractivity contribution in [3.05, 3.63) is 167 Å². The molecule has 2 aromatic heterocycles. The highest BCUT2D eigenvalue weighted by Crippen LogP contribution is 2.51. The first kappa shape index (κ1) is 42.9. The van der Waals surface area contributed by atoms with E-state index < -0.39 is 0 Å². The van der Waals surface area contributed by atoms with E-state index in [1.165, 1.54) is 93.9 Å². The molecule has 0 unspecified atom stereocenters. The number of benzene rings is 7. The van der Waals surface area contributed by atoms with Crippen LogP contribution in [0.25, 0.3) is 60.4 Å². The van der Waals surface area contributed by atoms with Crippen molar-refractivity contribution < 1.29 is 0 Å². The average molecular weight is 854 g/mol. The molecule has 1 N–H and O–H groups in total. The maximum atomic E-state index is 3.96. The quantitative estimate of drug-likeness (QED) is 0.183. The summed E-state index contributed by atoms with van der Waals surface area (Å²) in [6.07, 6.45) is 2.32. The molecule has 65 heavy (non-hydrogen) atoms. The lowest BCUT2D eigenvalue weighted by Gasteiger charge is -2.42. The van der Waals surface area contributed by atoms with E-state index in [9.17, 15) is 0 Å². The highest BCUT2D eigenvalue weighted by molar-refractivity contribution is 6.17. The predicted octanol–water partition coefficient (Wildman–Crippen LogP) is 17.8. The zero-order valence-electron chi connectivity index (χ0n) is 41.1. The molecule has 0 radical (unpaired) electrons. The SMILES string of the molecule is CC(C)(C)c1cc(-c2cc(C(C)(C)C)cc3c2[nH]c2ccc(C(C)(C)C)cc23)cc(-n2c3cc4c(cc3c3c(N(c5ccccc5)c5ccccc5)cccc32)C(C)(C)CCC4(C)C)c1. The van der Waals surface area contributed by atoms with Crippen LogP contribution < -0.4 is 4.90 Å². The molecule has 9 aromatic rings. The third kappa shape index (κ3) is 7.27. The number of nitrogens with one attached hydrogen (secondary N) is 1. The first-order chi connectivity index (χ1) is 30.6. The Labute approximate surface area is 387 Å². The summed E-state index contributed by atoms with van der Waals surface area (Å²) in [5.74, 6) is 0. The number of aromatic amines is 1. The molecule has 0 fully saturated rings. The average Bonchev–Trinajstić information content (AvgIpc) is 3.80. The molecule has 0 aliphatic heterocycles. The second-order valence-electron chi connectivity index (χ2n) is 23.5. The lowest BCUT2D eigenvalue weighted by atomic mass is 9.63. The van der Waals surface area contributed by atoms with Gasteiger partial charge in [0.1, 0.15) is 0 Å². The van der Waals surface area contributed by atoms with Crippen molar-refractivity contribution >= 4 is 60.7 Å². The van der Waals surface area contributed by atoms with Crippen LogP contribution in [0.5, 0.6) is 0 Å². The first-order valence-electron chi connectivity index (χ1n) is 23.9. The summed E-state index contributed by atoms with van der Waals surface area (Å²) in [6, 6.07) is 53.2. The number of hydrogen-bond donors (Lipinski definition) is 1. The fraction of sp³-hybridized carbons (Fsp3) is 0.323. The molecule has 3 heteroatoms. The minimum atomic E-state index is -0.111. The third-order valence-electron chi connectivity index (χ3n) is 14.8. The van der Waals surface area contributed by atoms with Gasteiger partial charge in [-0.3, -0.25) is 0 Å². The fourth-order valence-corrected chi connectivity index (χ4v) is 10.6. The molecular weight excluding hydrogens is 787 g/mol. The van der Waals surface area contributed by atoms with Crippen molar-refractivity contribution in [3.8, 4) is 16.8 Å². The van der Waals surface area contributed by atoms with Gasteiger partial charge in [-0.25, -0.2) is 0 Å². The molecule has 1 aliphatic rings. The normalized spacial score (nSPS) is 15.3. The molecule has 7 aromatic carbocycles.